The van der Waals surface area contributed by atoms with E-state index in [1.165, 1.54) is 32.2 Å². The van der Waals surface area contributed by atoms with Crippen molar-refractivity contribution in [2.24, 2.45) is 10.7 Å². The summed E-state index contributed by atoms with van der Waals surface area (Å²) in [6.45, 7) is 8.54. The molecule has 1 fully saturated rings. The average molecular weight is 240 g/mol. The largest absolute Gasteiger partial charge is 0.370 e. The van der Waals surface area contributed by atoms with Gasteiger partial charge in [0.1, 0.15) is 0 Å². The van der Waals surface area contributed by atoms with E-state index < -0.39 is 0 Å². The van der Waals surface area contributed by atoms with Crippen LogP contribution in [-0.2, 0) is 0 Å². The Morgan fingerprint density at radius 3 is 3.00 bits per heavy atom. The minimum atomic E-state index is 0.600. The van der Waals surface area contributed by atoms with Gasteiger partial charge in [-0.1, -0.05) is 19.8 Å². The molecule has 1 heterocycles. The van der Waals surface area contributed by atoms with E-state index in [4.69, 9.17) is 5.73 Å². The minimum absolute atomic E-state index is 0.600. The Morgan fingerprint density at radius 2 is 2.29 bits per heavy atom. The lowest BCUT2D eigenvalue weighted by molar-refractivity contribution is 0.164. The van der Waals surface area contributed by atoms with Gasteiger partial charge in [-0.05, 0) is 32.7 Å². The zero-order chi connectivity index (χ0) is 12.5. The number of unbranched alkanes of at least 4 members (excludes halogenated alkanes) is 1. The third kappa shape index (κ3) is 5.91. The van der Waals surface area contributed by atoms with Crippen LogP contribution >= 0.6 is 0 Å². The quantitative estimate of drug-likeness (QED) is 0.421. The molecule has 0 bridgehead atoms. The topological polar surface area (TPSA) is 53.6 Å². The van der Waals surface area contributed by atoms with Gasteiger partial charge in [0.25, 0.3) is 0 Å². The summed E-state index contributed by atoms with van der Waals surface area (Å²) < 4.78 is 0. The van der Waals surface area contributed by atoms with Crippen molar-refractivity contribution >= 4 is 5.96 Å². The van der Waals surface area contributed by atoms with E-state index in [1.54, 1.807) is 0 Å². The van der Waals surface area contributed by atoms with Crippen molar-refractivity contribution in [3.63, 3.8) is 0 Å². The highest BCUT2D eigenvalue weighted by Crippen LogP contribution is 2.15. The van der Waals surface area contributed by atoms with Gasteiger partial charge in [0, 0.05) is 25.7 Å². The van der Waals surface area contributed by atoms with Crippen LogP contribution in [0.1, 0.15) is 46.0 Å². The summed E-state index contributed by atoms with van der Waals surface area (Å²) in [6, 6.07) is 0.726. The molecule has 0 saturated carbocycles. The first-order valence-electron chi connectivity index (χ1n) is 7.02. The Hall–Kier alpha value is -0.770. The second kappa shape index (κ2) is 8.34. The first-order chi connectivity index (χ1) is 8.24. The maximum absolute atomic E-state index is 5.79. The SMILES string of the molecule is CCCCN=C(N)NCCN1CCCCC1C. The zero-order valence-corrected chi connectivity index (χ0v) is 11.4. The van der Waals surface area contributed by atoms with E-state index in [9.17, 15) is 0 Å². The monoisotopic (exact) mass is 240 g/mol. The van der Waals surface area contributed by atoms with Crippen LogP contribution < -0.4 is 11.1 Å². The standard InChI is InChI=1S/C13H28N4/c1-3-4-8-15-13(14)16-9-11-17-10-6-5-7-12(17)2/h12H,3-11H2,1-2H3,(H3,14,15,16). The predicted octanol–water partition coefficient (Wildman–Crippen LogP) is 1.57. The third-order valence-corrected chi connectivity index (χ3v) is 3.44. The van der Waals surface area contributed by atoms with Crippen molar-refractivity contribution in [1.82, 2.24) is 10.2 Å². The van der Waals surface area contributed by atoms with Crippen molar-refractivity contribution in [3.05, 3.63) is 0 Å². The van der Waals surface area contributed by atoms with Crippen molar-refractivity contribution in [1.29, 1.82) is 0 Å². The molecule has 0 spiro atoms. The highest BCUT2D eigenvalue weighted by molar-refractivity contribution is 5.77. The van der Waals surface area contributed by atoms with Crippen LogP contribution in [0, 0.1) is 0 Å². The second-order valence-electron chi connectivity index (χ2n) is 4.93. The molecule has 100 valence electrons. The average Bonchev–Trinajstić information content (AvgIpc) is 2.32. The molecule has 3 N–H and O–H groups in total. The fraction of sp³-hybridized carbons (Fsp3) is 0.923. The van der Waals surface area contributed by atoms with Crippen molar-refractivity contribution in [2.45, 2.75) is 52.0 Å². The molecule has 0 radical (unpaired) electrons. The van der Waals surface area contributed by atoms with Gasteiger partial charge in [0.2, 0.25) is 0 Å². The first-order valence-corrected chi connectivity index (χ1v) is 7.02. The number of guanidine groups is 1. The molecule has 1 saturated heterocycles. The summed E-state index contributed by atoms with van der Waals surface area (Å²) in [7, 11) is 0. The molecule has 0 aromatic rings. The molecule has 4 heteroatoms. The van der Waals surface area contributed by atoms with Gasteiger partial charge in [-0.25, -0.2) is 0 Å². The summed E-state index contributed by atoms with van der Waals surface area (Å²) in [4.78, 5) is 6.82. The Kier molecular flexibility index (Phi) is 7.01. The van der Waals surface area contributed by atoms with Crippen molar-refractivity contribution < 1.29 is 0 Å². The van der Waals surface area contributed by atoms with Gasteiger partial charge in [0.05, 0.1) is 0 Å². The molecule has 1 unspecified atom stereocenters. The van der Waals surface area contributed by atoms with E-state index in [0.29, 0.717) is 5.96 Å². The maximum Gasteiger partial charge on any atom is 0.188 e. The molecular weight excluding hydrogens is 212 g/mol. The Labute approximate surface area is 106 Å². The van der Waals surface area contributed by atoms with Crippen LogP contribution in [0.5, 0.6) is 0 Å². The summed E-state index contributed by atoms with van der Waals surface area (Å²) in [5.74, 6) is 0.600. The fourth-order valence-electron chi connectivity index (χ4n) is 2.23. The molecule has 17 heavy (non-hydrogen) atoms. The van der Waals surface area contributed by atoms with E-state index in [-0.39, 0.29) is 0 Å². The van der Waals surface area contributed by atoms with E-state index >= 15 is 0 Å². The predicted molar refractivity (Wildman–Crippen MR) is 74.3 cm³/mol. The molecule has 0 aromatic heterocycles. The summed E-state index contributed by atoms with van der Waals surface area (Å²) >= 11 is 0. The molecule has 1 rings (SSSR count). The summed E-state index contributed by atoms with van der Waals surface area (Å²) in [6.07, 6.45) is 6.34. The van der Waals surface area contributed by atoms with Gasteiger partial charge >= 0.3 is 0 Å². The van der Waals surface area contributed by atoms with Crippen LogP contribution in [0.25, 0.3) is 0 Å². The smallest absolute Gasteiger partial charge is 0.188 e. The van der Waals surface area contributed by atoms with Crippen molar-refractivity contribution in [3.8, 4) is 0 Å². The highest BCUT2D eigenvalue weighted by Gasteiger charge is 2.16. The lowest BCUT2D eigenvalue weighted by atomic mass is 10.0. The highest BCUT2D eigenvalue weighted by atomic mass is 15.2. The summed E-state index contributed by atoms with van der Waals surface area (Å²) in [5.41, 5.74) is 5.79. The van der Waals surface area contributed by atoms with Crippen molar-refractivity contribution in [2.75, 3.05) is 26.2 Å². The molecule has 1 atom stereocenters. The number of nitrogens with one attached hydrogen (secondary N) is 1. The van der Waals surface area contributed by atoms with E-state index in [1.807, 2.05) is 0 Å². The molecule has 1 aliphatic heterocycles. The number of likely N-dealkylation sites (tertiary alicyclic amines) is 1. The number of aliphatic imine (C=N–C) groups is 1. The number of hydrogen-bond donors (Lipinski definition) is 2. The number of piperidine rings is 1. The fourth-order valence-corrected chi connectivity index (χ4v) is 2.23. The number of hydrogen-bond acceptors (Lipinski definition) is 2. The molecular formula is C13H28N4. The minimum Gasteiger partial charge on any atom is -0.370 e. The number of nitrogens with zero attached hydrogens (tertiary/aromatic N) is 2. The Balaban J connectivity index is 2.11. The number of nitrogens with two attached hydrogens (primary N) is 1. The van der Waals surface area contributed by atoms with Crippen LogP contribution in [-0.4, -0.2) is 43.1 Å². The third-order valence-electron chi connectivity index (χ3n) is 3.44. The van der Waals surface area contributed by atoms with Gasteiger partial charge in [0.15, 0.2) is 5.96 Å². The van der Waals surface area contributed by atoms with Crippen LogP contribution in [0.4, 0.5) is 0 Å². The van der Waals surface area contributed by atoms with Crippen LogP contribution in [0.15, 0.2) is 4.99 Å². The van der Waals surface area contributed by atoms with E-state index in [2.05, 4.69) is 29.1 Å². The maximum atomic E-state index is 5.79. The van der Waals surface area contributed by atoms with Gasteiger partial charge in [-0.3, -0.25) is 9.89 Å². The molecule has 0 aliphatic carbocycles. The summed E-state index contributed by atoms with van der Waals surface area (Å²) in [5, 5.41) is 3.20. The Bertz CT molecular complexity index is 227. The molecule has 1 aliphatic rings. The number of rotatable bonds is 6. The van der Waals surface area contributed by atoms with E-state index in [0.717, 1.165) is 32.1 Å². The zero-order valence-electron chi connectivity index (χ0n) is 11.4. The normalized spacial score (nSPS) is 22.7. The Morgan fingerprint density at radius 1 is 1.47 bits per heavy atom. The molecule has 4 nitrogen and oxygen atoms in total. The van der Waals surface area contributed by atoms with Crippen LogP contribution in [0.2, 0.25) is 0 Å². The van der Waals surface area contributed by atoms with Crippen LogP contribution in [0.3, 0.4) is 0 Å². The molecule has 0 amide bonds. The van der Waals surface area contributed by atoms with Gasteiger partial charge in [-0.15, -0.1) is 0 Å². The lowest BCUT2D eigenvalue weighted by Gasteiger charge is -2.33. The first kappa shape index (κ1) is 14.3. The molecule has 0 aromatic carbocycles. The second-order valence-corrected chi connectivity index (χ2v) is 4.93. The lowest BCUT2D eigenvalue weighted by Crippen LogP contribution is -2.43. The van der Waals surface area contributed by atoms with Gasteiger partial charge in [-0.2, -0.15) is 0 Å². The van der Waals surface area contributed by atoms with Gasteiger partial charge < -0.3 is 11.1 Å².